The second-order valence-corrected chi connectivity index (χ2v) is 5.92. The molecule has 5 heteroatoms. The lowest BCUT2D eigenvalue weighted by Crippen LogP contribution is -2.27. The summed E-state index contributed by atoms with van der Waals surface area (Å²) in [5.41, 5.74) is 1.83. The van der Waals surface area contributed by atoms with E-state index in [-0.39, 0.29) is 5.56 Å². The minimum atomic E-state index is -0.635. The van der Waals surface area contributed by atoms with E-state index in [0.717, 1.165) is 11.3 Å². The van der Waals surface area contributed by atoms with Gasteiger partial charge in [0.05, 0.1) is 0 Å². The van der Waals surface area contributed by atoms with Crippen LogP contribution in [-0.4, -0.2) is 10.5 Å². The van der Waals surface area contributed by atoms with Crippen LogP contribution in [0.15, 0.2) is 88.3 Å². The average Bonchev–Trinajstić information content (AvgIpc) is 3.21. The molecule has 0 bridgehead atoms. The van der Waals surface area contributed by atoms with Crippen LogP contribution in [0.1, 0.15) is 15.9 Å². The number of nitrogens with one attached hydrogen (secondary N) is 1. The molecule has 0 spiro atoms. The van der Waals surface area contributed by atoms with Crippen LogP contribution in [-0.2, 0) is 6.54 Å². The molecule has 128 valence electrons. The number of para-hydroxylation sites is 1. The normalized spacial score (nSPS) is 10.8. The molecule has 2 aromatic heterocycles. The predicted octanol–water partition coefficient (Wildman–Crippen LogP) is 3.51. The van der Waals surface area contributed by atoms with Crippen molar-refractivity contribution in [3.05, 3.63) is 101 Å². The number of benzene rings is 2. The maximum atomic E-state index is 12.4. The molecule has 0 radical (unpaired) electrons. The van der Waals surface area contributed by atoms with Gasteiger partial charge in [-0.2, -0.15) is 0 Å². The predicted molar refractivity (Wildman–Crippen MR) is 99.4 cm³/mol. The van der Waals surface area contributed by atoms with Gasteiger partial charge in [-0.05, 0) is 42.0 Å². The topological polar surface area (TPSA) is 64.2 Å². The van der Waals surface area contributed by atoms with Crippen molar-refractivity contribution in [3.8, 4) is 5.69 Å². The first-order valence-corrected chi connectivity index (χ1v) is 8.24. The Morgan fingerprint density at radius 1 is 0.962 bits per heavy atom. The maximum absolute atomic E-state index is 12.4. The molecule has 0 aliphatic heterocycles. The Labute approximate surface area is 149 Å². The Morgan fingerprint density at radius 2 is 1.69 bits per heavy atom. The lowest BCUT2D eigenvalue weighted by Gasteiger charge is -2.07. The van der Waals surface area contributed by atoms with Gasteiger partial charge >= 0.3 is 5.63 Å². The van der Waals surface area contributed by atoms with Crippen molar-refractivity contribution in [3.63, 3.8) is 0 Å². The van der Waals surface area contributed by atoms with Gasteiger partial charge in [0.25, 0.3) is 5.91 Å². The summed E-state index contributed by atoms with van der Waals surface area (Å²) in [7, 11) is 0. The van der Waals surface area contributed by atoms with Crippen molar-refractivity contribution >= 4 is 16.9 Å². The van der Waals surface area contributed by atoms with Gasteiger partial charge in [0, 0.05) is 30.0 Å². The molecule has 0 unspecified atom stereocenters. The third kappa shape index (κ3) is 3.15. The molecule has 2 aromatic carbocycles. The van der Waals surface area contributed by atoms with Gasteiger partial charge in [0.1, 0.15) is 11.1 Å². The maximum Gasteiger partial charge on any atom is 0.349 e. The minimum Gasteiger partial charge on any atom is -0.422 e. The summed E-state index contributed by atoms with van der Waals surface area (Å²) < 4.78 is 7.21. The fourth-order valence-electron chi connectivity index (χ4n) is 2.79. The zero-order chi connectivity index (χ0) is 17.9. The number of rotatable bonds is 4. The standard InChI is InChI=1S/C21H16N2O3/c24-20(18-13-16-5-1-2-6-19(16)26-21(18)25)22-14-15-7-9-17(10-8-15)23-11-3-4-12-23/h1-13H,14H2,(H,22,24). The van der Waals surface area contributed by atoms with Gasteiger partial charge < -0.3 is 14.3 Å². The van der Waals surface area contributed by atoms with Crippen LogP contribution >= 0.6 is 0 Å². The number of nitrogens with zero attached hydrogens (tertiary/aromatic N) is 1. The van der Waals surface area contributed by atoms with Crippen LogP contribution in [0, 0.1) is 0 Å². The number of hydrogen-bond donors (Lipinski definition) is 1. The first-order chi connectivity index (χ1) is 12.7. The van der Waals surface area contributed by atoms with Crippen LogP contribution in [0.3, 0.4) is 0 Å². The molecule has 4 aromatic rings. The molecule has 26 heavy (non-hydrogen) atoms. The van der Waals surface area contributed by atoms with Crippen LogP contribution in [0.25, 0.3) is 16.7 Å². The van der Waals surface area contributed by atoms with E-state index in [2.05, 4.69) is 5.32 Å². The van der Waals surface area contributed by atoms with Crippen molar-refractivity contribution in [1.29, 1.82) is 0 Å². The van der Waals surface area contributed by atoms with Crippen molar-refractivity contribution in [1.82, 2.24) is 9.88 Å². The summed E-state index contributed by atoms with van der Waals surface area (Å²) in [6, 6.07) is 20.4. The summed E-state index contributed by atoms with van der Waals surface area (Å²) in [6.07, 6.45) is 3.94. The first-order valence-electron chi connectivity index (χ1n) is 8.24. The van der Waals surface area contributed by atoms with Crippen molar-refractivity contribution in [2.75, 3.05) is 0 Å². The molecule has 5 nitrogen and oxygen atoms in total. The van der Waals surface area contributed by atoms with Gasteiger partial charge in [-0.3, -0.25) is 4.79 Å². The first kappa shape index (κ1) is 15.9. The number of aromatic nitrogens is 1. The Kier molecular flexibility index (Phi) is 4.11. The quantitative estimate of drug-likeness (QED) is 0.576. The molecular formula is C21H16N2O3. The van der Waals surface area contributed by atoms with E-state index < -0.39 is 11.5 Å². The SMILES string of the molecule is O=C(NCc1ccc(-n2cccc2)cc1)c1cc2ccccc2oc1=O. The van der Waals surface area contributed by atoms with Crippen LogP contribution < -0.4 is 10.9 Å². The van der Waals surface area contributed by atoms with Crippen molar-refractivity contribution < 1.29 is 9.21 Å². The third-order valence-electron chi connectivity index (χ3n) is 4.18. The van der Waals surface area contributed by atoms with E-state index in [1.165, 1.54) is 0 Å². The summed E-state index contributed by atoms with van der Waals surface area (Å²) in [6.45, 7) is 0.330. The highest BCUT2D eigenvalue weighted by Gasteiger charge is 2.13. The van der Waals surface area contributed by atoms with Gasteiger partial charge in [0.2, 0.25) is 0 Å². The Hall–Kier alpha value is -3.60. The number of hydrogen-bond acceptors (Lipinski definition) is 3. The minimum absolute atomic E-state index is 0.00709. The van der Waals surface area contributed by atoms with Gasteiger partial charge in [-0.15, -0.1) is 0 Å². The Morgan fingerprint density at radius 3 is 2.46 bits per heavy atom. The second kappa shape index (κ2) is 6.72. The molecule has 2 heterocycles. The molecule has 0 aliphatic carbocycles. The van der Waals surface area contributed by atoms with E-state index in [9.17, 15) is 9.59 Å². The van der Waals surface area contributed by atoms with E-state index in [1.54, 1.807) is 24.3 Å². The van der Waals surface area contributed by atoms with Crippen molar-refractivity contribution in [2.24, 2.45) is 0 Å². The van der Waals surface area contributed by atoms with Crippen molar-refractivity contribution in [2.45, 2.75) is 6.54 Å². The molecular weight excluding hydrogens is 328 g/mol. The third-order valence-corrected chi connectivity index (χ3v) is 4.18. The number of fused-ring (bicyclic) bond motifs is 1. The van der Waals surface area contributed by atoms with Gasteiger partial charge in [-0.1, -0.05) is 30.3 Å². The fourth-order valence-corrected chi connectivity index (χ4v) is 2.79. The number of carbonyl (C=O) groups excluding carboxylic acids is 1. The van der Waals surface area contributed by atoms with E-state index in [4.69, 9.17) is 4.42 Å². The van der Waals surface area contributed by atoms with E-state index >= 15 is 0 Å². The molecule has 1 N–H and O–H groups in total. The zero-order valence-electron chi connectivity index (χ0n) is 13.9. The zero-order valence-corrected chi connectivity index (χ0v) is 13.9. The fraction of sp³-hybridized carbons (Fsp3) is 0.0476. The van der Waals surface area contributed by atoms with E-state index in [0.29, 0.717) is 17.5 Å². The molecule has 0 fully saturated rings. The highest BCUT2D eigenvalue weighted by Crippen LogP contribution is 2.13. The monoisotopic (exact) mass is 344 g/mol. The Balaban J connectivity index is 1.49. The van der Waals surface area contributed by atoms with E-state index in [1.807, 2.05) is 59.4 Å². The molecule has 1 amide bonds. The largest absolute Gasteiger partial charge is 0.422 e. The van der Waals surface area contributed by atoms with Gasteiger partial charge in [0.15, 0.2) is 0 Å². The molecule has 0 atom stereocenters. The highest BCUT2D eigenvalue weighted by molar-refractivity contribution is 5.96. The highest BCUT2D eigenvalue weighted by atomic mass is 16.4. The molecule has 4 rings (SSSR count). The summed E-state index contributed by atoms with van der Waals surface area (Å²) >= 11 is 0. The van der Waals surface area contributed by atoms with Gasteiger partial charge in [-0.25, -0.2) is 4.79 Å². The lowest BCUT2D eigenvalue weighted by molar-refractivity contribution is 0.0947. The number of carbonyl (C=O) groups is 1. The smallest absolute Gasteiger partial charge is 0.349 e. The second-order valence-electron chi connectivity index (χ2n) is 5.92. The molecule has 0 saturated heterocycles. The number of amides is 1. The summed E-state index contributed by atoms with van der Waals surface area (Å²) in [5, 5.41) is 3.49. The van der Waals surface area contributed by atoms with Crippen LogP contribution in [0.2, 0.25) is 0 Å². The average molecular weight is 344 g/mol. The Bertz CT molecular complexity index is 1110. The van der Waals surface area contributed by atoms with Crippen LogP contribution in [0.4, 0.5) is 0 Å². The molecule has 0 saturated carbocycles. The summed E-state index contributed by atoms with van der Waals surface area (Å²) in [5.74, 6) is -0.445. The summed E-state index contributed by atoms with van der Waals surface area (Å²) in [4.78, 5) is 24.4. The lowest BCUT2D eigenvalue weighted by atomic mass is 10.1. The van der Waals surface area contributed by atoms with Crippen LogP contribution in [0.5, 0.6) is 0 Å². The molecule has 0 aliphatic rings.